The molecule has 0 N–H and O–H groups in total. The van der Waals surface area contributed by atoms with Crippen molar-refractivity contribution in [2.75, 3.05) is 7.11 Å². The maximum Gasteiger partial charge on any atom is 0.171 e. The second-order valence-corrected chi connectivity index (χ2v) is 6.26. The van der Waals surface area contributed by atoms with Gasteiger partial charge >= 0.3 is 0 Å². The third-order valence-electron chi connectivity index (χ3n) is 3.85. The van der Waals surface area contributed by atoms with Crippen LogP contribution in [0, 0.1) is 0 Å². The van der Waals surface area contributed by atoms with Crippen molar-refractivity contribution < 1.29 is 13.9 Å². The van der Waals surface area contributed by atoms with Gasteiger partial charge in [0.25, 0.3) is 0 Å². The summed E-state index contributed by atoms with van der Waals surface area (Å²) in [5.74, 6) is 1.61. The minimum atomic E-state index is 0.0730. The third kappa shape index (κ3) is 3.17. The summed E-state index contributed by atoms with van der Waals surface area (Å²) in [6.45, 7) is 2.00. The van der Waals surface area contributed by atoms with Crippen LogP contribution in [0.1, 0.15) is 28.6 Å². The van der Waals surface area contributed by atoms with Gasteiger partial charge in [0.15, 0.2) is 5.78 Å². The second-order valence-electron chi connectivity index (χ2n) is 5.34. The standard InChI is InChI=1S/C19H17BrO3/c1-3-17-19(15-11-13(20)6-9-18(15)23-17)16(21)10-12-4-7-14(22-2)8-5-12/h4-9,11H,3,10H2,1-2H3. The van der Waals surface area contributed by atoms with E-state index in [4.69, 9.17) is 9.15 Å². The van der Waals surface area contributed by atoms with E-state index in [1.165, 1.54) is 0 Å². The number of ketones is 1. The average molecular weight is 373 g/mol. The molecule has 1 heterocycles. The van der Waals surface area contributed by atoms with Gasteiger partial charge in [-0.1, -0.05) is 35.0 Å². The number of Topliss-reactive ketones (excluding diaryl/α,β-unsaturated/α-hetero) is 1. The van der Waals surface area contributed by atoms with Gasteiger partial charge in [0.1, 0.15) is 17.1 Å². The number of carbonyl (C=O) groups is 1. The Morgan fingerprint density at radius 1 is 1.17 bits per heavy atom. The third-order valence-corrected chi connectivity index (χ3v) is 4.34. The zero-order chi connectivity index (χ0) is 16.4. The molecule has 3 aromatic rings. The van der Waals surface area contributed by atoms with Crippen molar-refractivity contribution in [3.05, 3.63) is 63.8 Å². The second kappa shape index (κ2) is 6.59. The number of carbonyl (C=O) groups excluding carboxylic acids is 1. The van der Waals surface area contributed by atoms with Crippen molar-refractivity contribution in [3.8, 4) is 5.75 Å². The van der Waals surface area contributed by atoms with E-state index >= 15 is 0 Å². The SMILES string of the molecule is CCc1oc2ccc(Br)cc2c1C(=O)Cc1ccc(OC)cc1. The first kappa shape index (κ1) is 15.8. The molecule has 0 amide bonds. The Kier molecular flexibility index (Phi) is 4.53. The number of ether oxygens (including phenoxy) is 1. The molecule has 2 aromatic carbocycles. The van der Waals surface area contributed by atoms with Gasteiger partial charge in [-0.3, -0.25) is 4.79 Å². The molecule has 0 atom stereocenters. The van der Waals surface area contributed by atoms with Crippen molar-refractivity contribution in [3.63, 3.8) is 0 Å². The highest BCUT2D eigenvalue weighted by Gasteiger charge is 2.20. The monoisotopic (exact) mass is 372 g/mol. The molecule has 0 aliphatic carbocycles. The van der Waals surface area contributed by atoms with Crippen molar-refractivity contribution in [2.45, 2.75) is 19.8 Å². The van der Waals surface area contributed by atoms with Crippen LogP contribution >= 0.6 is 15.9 Å². The Balaban J connectivity index is 1.97. The molecule has 3 nitrogen and oxygen atoms in total. The van der Waals surface area contributed by atoms with E-state index < -0.39 is 0 Å². The highest BCUT2D eigenvalue weighted by molar-refractivity contribution is 9.10. The number of hydrogen-bond acceptors (Lipinski definition) is 3. The van der Waals surface area contributed by atoms with Crippen LogP contribution in [0.25, 0.3) is 11.0 Å². The summed E-state index contributed by atoms with van der Waals surface area (Å²) in [4.78, 5) is 12.8. The summed E-state index contributed by atoms with van der Waals surface area (Å²) in [6, 6.07) is 13.3. The molecule has 1 aromatic heterocycles. The maximum absolute atomic E-state index is 12.8. The van der Waals surface area contributed by atoms with Crippen LogP contribution in [0.2, 0.25) is 0 Å². The van der Waals surface area contributed by atoms with Crippen molar-refractivity contribution in [1.29, 1.82) is 0 Å². The van der Waals surface area contributed by atoms with Gasteiger partial charge in [-0.15, -0.1) is 0 Å². The van der Waals surface area contributed by atoms with Gasteiger partial charge in [0.2, 0.25) is 0 Å². The molecule has 0 aliphatic heterocycles. The molecule has 0 saturated heterocycles. The highest BCUT2D eigenvalue weighted by atomic mass is 79.9. The fourth-order valence-electron chi connectivity index (χ4n) is 2.69. The lowest BCUT2D eigenvalue weighted by Crippen LogP contribution is -2.05. The predicted molar refractivity (Wildman–Crippen MR) is 94.3 cm³/mol. The molecule has 0 aliphatic rings. The minimum Gasteiger partial charge on any atom is -0.497 e. The quantitative estimate of drug-likeness (QED) is 0.578. The minimum absolute atomic E-state index is 0.0730. The van der Waals surface area contributed by atoms with Crippen molar-refractivity contribution in [2.24, 2.45) is 0 Å². The van der Waals surface area contributed by atoms with Gasteiger partial charge in [-0.2, -0.15) is 0 Å². The van der Waals surface area contributed by atoms with Crippen LogP contribution in [-0.2, 0) is 12.8 Å². The molecule has 3 rings (SSSR count). The molecular weight excluding hydrogens is 356 g/mol. The summed E-state index contributed by atoms with van der Waals surface area (Å²) in [5, 5.41) is 0.870. The lowest BCUT2D eigenvalue weighted by Gasteiger charge is -2.04. The first-order chi connectivity index (χ1) is 11.1. The summed E-state index contributed by atoms with van der Waals surface area (Å²) in [7, 11) is 1.63. The number of fused-ring (bicyclic) bond motifs is 1. The lowest BCUT2D eigenvalue weighted by molar-refractivity contribution is 0.0992. The van der Waals surface area contributed by atoms with E-state index in [1.807, 2.05) is 49.4 Å². The number of halogens is 1. The van der Waals surface area contributed by atoms with E-state index in [2.05, 4.69) is 15.9 Å². The lowest BCUT2D eigenvalue weighted by atomic mass is 9.99. The number of aryl methyl sites for hydroxylation is 1. The first-order valence-electron chi connectivity index (χ1n) is 7.49. The summed E-state index contributed by atoms with van der Waals surface area (Å²) < 4.78 is 11.9. The fourth-order valence-corrected chi connectivity index (χ4v) is 3.05. The maximum atomic E-state index is 12.8. The van der Waals surface area contributed by atoms with Crippen LogP contribution in [-0.4, -0.2) is 12.9 Å². The van der Waals surface area contributed by atoms with Gasteiger partial charge in [-0.05, 0) is 35.9 Å². The van der Waals surface area contributed by atoms with Crippen LogP contribution in [0.3, 0.4) is 0 Å². The van der Waals surface area contributed by atoms with Crippen LogP contribution in [0.5, 0.6) is 5.75 Å². The van der Waals surface area contributed by atoms with E-state index in [1.54, 1.807) is 7.11 Å². The molecule has 0 saturated carbocycles. The number of rotatable bonds is 5. The summed E-state index contributed by atoms with van der Waals surface area (Å²) in [6.07, 6.45) is 1.04. The molecular formula is C19H17BrO3. The molecule has 0 fully saturated rings. The number of methoxy groups -OCH3 is 1. The van der Waals surface area contributed by atoms with Crippen molar-refractivity contribution >= 4 is 32.7 Å². The Bertz CT molecular complexity index is 847. The first-order valence-corrected chi connectivity index (χ1v) is 8.28. The Morgan fingerprint density at radius 2 is 1.91 bits per heavy atom. The molecule has 4 heteroatoms. The highest BCUT2D eigenvalue weighted by Crippen LogP contribution is 2.30. The van der Waals surface area contributed by atoms with Crippen LogP contribution in [0.15, 0.2) is 51.4 Å². The number of hydrogen-bond donors (Lipinski definition) is 0. The smallest absolute Gasteiger partial charge is 0.171 e. The zero-order valence-electron chi connectivity index (χ0n) is 13.1. The van der Waals surface area contributed by atoms with Gasteiger partial charge in [0.05, 0.1) is 12.7 Å². The van der Waals surface area contributed by atoms with Gasteiger partial charge < -0.3 is 9.15 Å². The van der Waals surface area contributed by atoms with E-state index in [-0.39, 0.29) is 5.78 Å². The van der Waals surface area contributed by atoms with E-state index in [9.17, 15) is 4.79 Å². The Morgan fingerprint density at radius 3 is 2.57 bits per heavy atom. The number of furan rings is 1. The molecule has 0 unspecified atom stereocenters. The summed E-state index contributed by atoms with van der Waals surface area (Å²) in [5.41, 5.74) is 2.41. The average Bonchev–Trinajstić information content (AvgIpc) is 2.93. The van der Waals surface area contributed by atoms with Gasteiger partial charge in [0, 0.05) is 22.7 Å². The van der Waals surface area contributed by atoms with Crippen LogP contribution < -0.4 is 4.74 Å². The molecule has 118 valence electrons. The topological polar surface area (TPSA) is 39.4 Å². The van der Waals surface area contributed by atoms with E-state index in [0.717, 1.165) is 32.5 Å². The fraction of sp³-hybridized carbons (Fsp3) is 0.211. The predicted octanol–water partition coefficient (Wildman–Crippen LogP) is 5.19. The largest absolute Gasteiger partial charge is 0.497 e. The Hall–Kier alpha value is -2.07. The van der Waals surface area contributed by atoms with Gasteiger partial charge in [-0.25, -0.2) is 0 Å². The Labute approximate surface area is 143 Å². The van der Waals surface area contributed by atoms with Crippen LogP contribution in [0.4, 0.5) is 0 Å². The molecule has 0 spiro atoms. The van der Waals surface area contributed by atoms with Crippen molar-refractivity contribution in [1.82, 2.24) is 0 Å². The molecule has 23 heavy (non-hydrogen) atoms. The number of benzene rings is 2. The van der Waals surface area contributed by atoms with E-state index in [0.29, 0.717) is 18.4 Å². The molecule has 0 radical (unpaired) electrons. The summed E-state index contributed by atoms with van der Waals surface area (Å²) >= 11 is 3.46. The zero-order valence-corrected chi connectivity index (χ0v) is 14.6. The normalized spacial score (nSPS) is 10.9. The molecule has 0 bridgehead atoms.